The quantitative estimate of drug-likeness (QED) is 0.406. The minimum Gasteiger partial charge on any atom is -0.366 e. The average molecular weight is 503 g/mol. The number of nitrogens with two attached hydrogens (primary N) is 1. The van der Waals surface area contributed by atoms with Crippen molar-refractivity contribution in [3.05, 3.63) is 45.8 Å². The van der Waals surface area contributed by atoms with Gasteiger partial charge in [0.05, 0.1) is 16.8 Å². The van der Waals surface area contributed by atoms with E-state index in [-0.39, 0.29) is 11.7 Å². The SMILES string of the molecule is CCS(=O)(=O)N1CCC(c2c[nH]c3c(C(N)=O)cc(-c4csc(CNCC(C)C)c4)cc23)CC1. The van der Waals surface area contributed by atoms with Gasteiger partial charge in [0, 0.05) is 36.1 Å². The molecule has 34 heavy (non-hydrogen) atoms. The van der Waals surface area contributed by atoms with E-state index in [1.807, 2.05) is 12.3 Å². The highest BCUT2D eigenvalue weighted by Crippen LogP contribution is 2.38. The molecule has 3 aromatic rings. The van der Waals surface area contributed by atoms with Crippen LogP contribution in [-0.2, 0) is 16.6 Å². The van der Waals surface area contributed by atoms with Gasteiger partial charge in [-0.05, 0) is 78.4 Å². The van der Waals surface area contributed by atoms with Crippen LogP contribution in [0.3, 0.4) is 0 Å². The fourth-order valence-corrected chi connectivity index (χ4v) is 6.68. The number of fused-ring (bicyclic) bond motifs is 1. The smallest absolute Gasteiger partial charge is 0.250 e. The Hall–Kier alpha value is -2.20. The number of sulfonamides is 1. The molecule has 1 amide bonds. The number of primary amides is 1. The van der Waals surface area contributed by atoms with Crippen molar-refractivity contribution >= 4 is 38.2 Å². The van der Waals surface area contributed by atoms with Crippen LogP contribution in [-0.4, -0.2) is 49.0 Å². The molecule has 0 atom stereocenters. The Morgan fingerprint density at radius 2 is 1.97 bits per heavy atom. The molecule has 0 saturated carbocycles. The third kappa shape index (κ3) is 5.22. The van der Waals surface area contributed by atoms with E-state index in [2.05, 4.69) is 41.7 Å². The summed E-state index contributed by atoms with van der Waals surface area (Å²) in [5.74, 6) is 0.497. The van der Waals surface area contributed by atoms with Crippen molar-refractivity contribution in [3.8, 4) is 11.1 Å². The molecule has 9 heteroatoms. The number of hydrogen-bond acceptors (Lipinski definition) is 5. The number of nitrogens with zero attached hydrogens (tertiary/aromatic N) is 1. The number of H-pyrrole nitrogens is 1. The van der Waals surface area contributed by atoms with Crippen LogP contribution in [0, 0.1) is 5.92 Å². The third-order valence-electron chi connectivity index (χ3n) is 6.58. The Morgan fingerprint density at radius 1 is 1.24 bits per heavy atom. The lowest BCUT2D eigenvalue weighted by Crippen LogP contribution is -2.38. The first-order chi connectivity index (χ1) is 16.2. The van der Waals surface area contributed by atoms with E-state index in [0.717, 1.165) is 53.5 Å². The van der Waals surface area contributed by atoms with E-state index < -0.39 is 15.9 Å². The Labute approximate surface area is 205 Å². The maximum atomic E-state index is 12.3. The van der Waals surface area contributed by atoms with E-state index in [9.17, 15) is 13.2 Å². The molecule has 2 aromatic heterocycles. The third-order valence-corrected chi connectivity index (χ3v) is 9.40. The van der Waals surface area contributed by atoms with Crippen molar-refractivity contribution < 1.29 is 13.2 Å². The number of piperidine rings is 1. The molecule has 1 saturated heterocycles. The van der Waals surface area contributed by atoms with Crippen molar-refractivity contribution in [2.75, 3.05) is 25.4 Å². The Kier molecular flexibility index (Phi) is 7.47. The monoisotopic (exact) mass is 502 g/mol. The summed E-state index contributed by atoms with van der Waals surface area (Å²) in [7, 11) is -3.17. The first kappa shape index (κ1) is 24.9. The highest BCUT2D eigenvalue weighted by atomic mass is 32.2. The number of carbonyl (C=O) groups excluding carboxylic acids is 1. The molecule has 3 heterocycles. The topological polar surface area (TPSA) is 108 Å². The lowest BCUT2D eigenvalue weighted by molar-refractivity contribution is 0.100. The van der Waals surface area contributed by atoms with Crippen LogP contribution in [0.1, 0.15) is 60.3 Å². The fourth-order valence-electron chi connectivity index (χ4n) is 4.69. The van der Waals surface area contributed by atoms with Gasteiger partial charge < -0.3 is 16.0 Å². The van der Waals surface area contributed by atoms with Gasteiger partial charge in [-0.15, -0.1) is 11.3 Å². The molecule has 1 fully saturated rings. The second-order valence-corrected chi connectivity index (χ2v) is 12.7. The molecular formula is C25H34N4O3S2. The zero-order valence-electron chi connectivity index (χ0n) is 20.1. The molecule has 0 radical (unpaired) electrons. The van der Waals surface area contributed by atoms with Crippen molar-refractivity contribution in [1.29, 1.82) is 0 Å². The van der Waals surface area contributed by atoms with E-state index in [1.54, 1.807) is 22.6 Å². The Morgan fingerprint density at radius 3 is 2.62 bits per heavy atom. The van der Waals surface area contributed by atoms with Gasteiger partial charge in [-0.1, -0.05) is 13.8 Å². The minimum atomic E-state index is -3.17. The fraction of sp³-hybridized carbons (Fsp3) is 0.480. The summed E-state index contributed by atoms with van der Waals surface area (Å²) in [5.41, 5.74) is 10.2. The van der Waals surface area contributed by atoms with Gasteiger partial charge in [0.1, 0.15) is 0 Å². The van der Waals surface area contributed by atoms with Gasteiger partial charge >= 0.3 is 0 Å². The summed E-state index contributed by atoms with van der Waals surface area (Å²) in [6.07, 6.45) is 3.48. The Bertz CT molecular complexity index is 1270. The number of rotatable bonds is 9. The van der Waals surface area contributed by atoms with Gasteiger partial charge in [0.15, 0.2) is 0 Å². The van der Waals surface area contributed by atoms with Crippen molar-refractivity contribution in [3.63, 3.8) is 0 Å². The van der Waals surface area contributed by atoms with Gasteiger partial charge in [-0.2, -0.15) is 0 Å². The predicted molar refractivity (Wildman–Crippen MR) is 140 cm³/mol. The van der Waals surface area contributed by atoms with Crippen molar-refractivity contribution in [2.45, 2.75) is 46.1 Å². The van der Waals surface area contributed by atoms with Crippen LogP contribution in [0.25, 0.3) is 22.0 Å². The molecule has 4 rings (SSSR count). The zero-order chi connectivity index (χ0) is 24.5. The molecule has 0 unspecified atom stereocenters. The minimum absolute atomic E-state index is 0.131. The number of nitrogens with one attached hydrogen (secondary N) is 2. The molecule has 0 bridgehead atoms. The van der Waals surface area contributed by atoms with E-state index in [4.69, 9.17) is 5.73 Å². The summed E-state index contributed by atoms with van der Waals surface area (Å²) in [6, 6.07) is 6.18. The van der Waals surface area contributed by atoms with Crippen molar-refractivity contribution in [1.82, 2.24) is 14.6 Å². The number of hydrogen-bond donors (Lipinski definition) is 3. The predicted octanol–water partition coefficient (Wildman–Crippen LogP) is 4.27. The maximum absolute atomic E-state index is 12.3. The van der Waals surface area contributed by atoms with E-state index >= 15 is 0 Å². The summed E-state index contributed by atoms with van der Waals surface area (Å²) in [5, 5.41) is 6.59. The number of amides is 1. The van der Waals surface area contributed by atoms with Crippen LogP contribution in [0.5, 0.6) is 0 Å². The number of aromatic nitrogens is 1. The highest BCUT2D eigenvalue weighted by molar-refractivity contribution is 7.89. The largest absolute Gasteiger partial charge is 0.366 e. The number of benzene rings is 1. The molecule has 184 valence electrons. The molecule has 0 aliphatic carbocycles. The summed E-state index contributed by atoms with van der Waals surface area (Å²) in [4.78, 5) is 16.8. The second-order valence-electron chi connectivity index (χ2n) is 9.45. The summed E-state index contributed by atoms with van der Waals surface area (Å²) >= 11 is 1.71. The van der Waals surface area contributed by atoms with Gasteiger partial charge in [-0.25, -0.2) is 12.7 Å². The zero-order valence-corrected chi connectivity index (χ0v) is 21.7. The molecule has 1 aliphatic heterocycles. The van der Waals surface area contributed by atoms with Gasteiger partial charge in [-0.3, -0.25) is 4.79 Å². The molecule has 4 N–H and O–H groups in total. The lowest BCUT2D eigenvalue weighted by atomic mass is 9.88. The number of aromatic amines is 1. The molecule has 7 nitrogen and oxygen atoms in total. The molecule has 0 spiro atoms. The standard InChI is InChI=1S/C25H34N4O3S2/c1-4-34(31,32)29-7-5-17(6-8-29)23-14-28-24-21(23)10-18(11-22(24)25(26)30)19-9-20(33-15-19)13-27-12-16(2)3/h9-11,14-17,27-28H,4-8,12-13H2,1-3H3,(H2,26,30). The Balaban J connectivity index is 1.63. The average Bonchev–Trinajstić information content (AvgIpc) is 3.45. The van der Waals surface area contributed by atoms with Crippen LogP contribution in [0.15, 0.2) is 29.8 Å². The maximum Gasteiger partial charge on any atom is 0.250 e. The first-order valence-corrected chi connectivity index (χ1v) is 14.4. The lowest BCUT2D eigenvalue weighted by Gasteiger charge is -2.31. The second kappa shape index (κ2) is 10.2. The van der Waals surface area contributed by atoms with Gasteiger partial charge in [0.2, 0.25) is 10.0 Å². The van der Waals surface area contributed by atoms with Crippen molar-refractivity contribution in [2.24, 2.45) is 11.7 Å². The molecular weight excluding hydrogens is 468 g/mol. The van der Waals surface area contributed by atoms with Crippen LogP contribution in [0.4, 0.5) is 0 Å². The number of thiophene rings is 1. The normalized spacial score (nSPS) is 16.0. The van der Waals surface area contributed by atoms with Crippen LogP contribution >= 0.6 is 11.3 Å². The first-order valence-electron chi connectivity index (χ1n) is 11.9. The van der Waals surface area contributed by atoms with E-state index in [1.165, 1.54) is 4.88 Å². The van der Waals surface area contributed by atoms with Gasteiger partial charge in [0.25, 0.3) is 5.91 Å². The van der Waals surface area contributed by atoms with E-state index in [0.29, 0.717) is 24.6 Å². The summed E-state index contributed by atoms with van der Waals surface area (Å²) < 4.78 is 26.1. The number of carbonyl (C=O) groups is 1. The molecule has 1 aliphatic rings. The highest BCUT2D eigenvalue weighted by Gasteiger charge is 2.29. The van der Waals surface area contributed by atoms with Crippen LogP contribution < -0.4 is 11.1 Å². The van der Waals surface area contributed by atoms with Crippen LogP contribution in [0.2, 0.25) is 0 Å². The summed E-state index contributed by atoms with van der Waals surface area (Å²) in [6.45, 7) is 8.89. The molecule has 1 aromatic carbocycles.